The lowest BCUT2D eigenvalue weighted by Gasteiger charge is -2.13. The second-order valence-corrected chi connectivity index (χ2v) is 5.65. The highest BCUT2D eigenvalue weighted by Gasteiger charge is 2.16. The zero-order valence-electron chi connectivity index (χ0n) is 12.5. The first-order valence-electron chi connectivity index (χ1n) is 6.54. The van der Waals surface area contributed by atoms with Crippen molar-refractivity contribution in [3.8, 4) is 23.0 Å². The average molecular weight is 402 g/mol. The van der Waals surface area contributed by atoms with Crippen molar-refractivity contribution in [2.24, 2.45) is 0 Å². The Morgan fingerprint density at radius 1 is 1.09 bits per heavy atom. The molecule has 0 aliphatic rings. The van der Waals surface area contributed by atoms with Crippen molar-refractivity contribution in [2.45, 2.75) is 0 Å². The number of carbonyl (C=O) groups is 1. The minimum atomic E-state index is -0.605. The molecule has 0 spiro atoms. The van der Waals surface area contributed by atoms with Gasteiger partial charge in [-0.3, -0.25) is 0 Å². The van der Waals surface area contributed by atoms with Crippen molar-refractivity contribution in [3.05, 3.63) is 45.9 Å². The Balaban J connectivity index is 2.05. The largest absolute Gasteiger partial charge is 0.493 e. The van der Waals surface area contributed by atoms with Gasteiger partial charge in [-0.2, -0.15) is 0 Å². The molecule has 0 saturated carbocycles. The minimum absolute atomic E-state index is 0.202. The predicted molar refractivity (Wildman–Crippen MR) is 89.8 cm³/mol. The zero-order valence-corrected chi connectivity index (χ0v) is 14.8. The van der Waals surface area contributed by atoms with Crippen LogP contribution in [0.3, 0.4) is 0 Å². The maximum Gasteiger partial charge on any atom is 0.349 e. The van der Waals surface area contributed by atoms with Crippen molar-refractivity contribution >= 4 is 33.5 Å². The summed E-state index contributed by atoms with van der Waals surface area (Å²) in [4.78, 5) is 12.0. The van der Waals surface area contributed by atoms with E-state index < -0.39 is 5.97 Å². The molecule has 0 aliphatic heterocycles. The van der Waals surface area contributed by atoms with Crippen LogP contribution >= 0.6 is 27.5 Å². The van der Waals surface area contributed by atoms with E-state index in [0.29, 0.717) is 22.3 Å². The summed E-state index contributed by atoms with van der Waals surface area (Å²) < 4.78 is 21.8. The quantitative estimate of drug-likeness (QED) is 0.539. The van der Waals surface area contributed by atoms with Crippen LogP contribution in [0.1, 0.15) is 0 Å². The number of rotatable bonds is 6. The predicted octanol–water partition coefficient (Wildman–Crippen LogP) is 4.10. The van der Waals surface area contributed by atoms with E-state index in [-0.39, 0.29) is 12.4 Å². The number of methoxy groups -OCH3 is 2. The Kier molecular flexibility index (Phi) is 6.12. The van der Waals surface area contributed by atoms with Gasteiger partial charge in [0.25, 0.3) is 0 Å². The lowest BCUT2D eigenvalue weighted by atomic mass is 10.3. The molecule has 0 heterocycles. The van der Waals surface area contributed by atoms with Crippen LogP contribution in [0, 0.1) is 0 Å². The number of halogens is 2. The molecule has 23 heavy (non-hydrogen) atoms. The number of para-hydroxylation sites is 1. The van der Waals surface area contributed by atoms with E-state index in [9.17, 15) is 4.79 Å². The van der Waals surface area contributed by atoms with Crippen molar-refractivity contribution < 1.29 is 23.7 Å². The highest BCUT2D eigenvalue weighted by Crippen LogP contribution is 2.37. The fraction of sp³-hybridized carbons (Fsp3) is 0.188. The molecule has 0 atom stereocenters. The molecular formula is C16H14BrClO5. The molecule has 0 radical (unpaired) electrons. The maximum absolute atomic E-state index is 12.0. The van der Waals surface area contributed by atoms with Crippen molar-refractivity contribution in [3.63, 3.8) is 0 Å². The Morgan fingerprint density at radius 2 is 1.74 bits per heavy atom. The van der Waals surface area contributed by atoms with Gasteiger partial charge in [0.1, 0.15) is 5.75 Å². The first-order chi connectivity index (χ1) is 11.0. The molecule has 0 amide bonds. The van der Waals surface area contributed by atoms with Gasteiger partial charge in [0.05, 0.1) is 19.2 Å². The van der Waals surface area contributed by atoms with Gasteiger partial charge in [0.2, 0.25) is 5.75 Å². The molecule has 5 nitrogen and oxygen atoms in total. The third kappa shape index (κ3) is 4.53. The molecule has 0 fully saturated rings. The van der Waals surface area contributed by atoms with Crippen molar-refractivity contribution in [2.75, 3.05) is 20.8 Å². The number of ether oxygens (including phenoxy) is 4. The fourth-order valence-electron chi connectivity index (χ4n) is 1.79. The summed E-state index contributed by atoms with van der Waals surface area (Å²) in [6.07, 6.45) is 0. The minimum Gasteiger partial charge on any atom is -0.493 e. The lowest BCUT2D eigenvalue weighted by Crippen LogP contribution is -2.18. The molecule has 0 saturated heterocycles. The van der Waals surface area contributed by atoms with Crippen LogP contribution in [0.5, 0.6) is 23.0 Å². The highest BCUT2D eigenvalue weighted by molar-refractivity contribution is 9.10. The van der Waals surface area contributed by atoms with Gasteiger partial charge in [0, 0.05) is 4.47 Å². The molecule has 0 N–H and O–H groups in total. The van der Waals surface area contributed by atoms with E-state index in [2.05, 4.69) is 15.9 Å². The van der Waals surface area contributed by atoms with E-state index >= 15 is 0 Å². The van der Waals surface area contributed by atoms with E-state index in [0.717, 1.165) is 4.47 Å². The molecule has 0 bridgehead atoms. The van der Waals surface area contributed by atoms with Crippen LogP contribution in [0.25, 0.3) is 0 Å². The number of hydrogen-bond acceptors (Lipinski definition) is 5. The highest BCUT2D eigenvalue weighted by atomic mass is 79.9. The van der Waals surface area contributed by atoms with Gasteiger partial charge in [0.15, 0.2) is 18.1 Å². The summed E-state index contributed by atoms with van der Waals surface area (Å²) in [6.45, 7) is -0.303. The Labute approximate surface area is 147 Å². The zero-order chi connectivity index (χ0) is 16.8. The van der Waals surface area contributed by atoms with Crippen LogP contribution < -0.4 is 18.9 Å². The van der Waals surface area contributed by atoms with Gasteiger partial charge >= 0.3 is 5.97 Å². The summed E-state index contributed by atoms with van der Waals surface area (Å²) in [5, 5.41) is 0.391. The third-order valence-electron chi connectivity index (χ3n) is 2.84. The molecule has 0 unspecified atom stereocenters. The summed E-state index contributed by atoms with van der Waals surface area (Å²) in [7, 11) is 2.95. The smallest absolute Gasteiger partial charge is 0.349 e. The number of hydrogen-bond donors (Lipinski definition) is 0. The standard InChI is InChI=1S/C16H14BrClO5/c1-20-13-4-3-5-14(21-2)16(13)23-15(19)9-22-12-7-6-10(17)8-11(12)18/h3-8H,9H2,1-2H3. The normalized spacial score (nSPS) is 10.1. The van der Waals surface area contributed by atoms with Crippen molar-refractivity contribution in [1.82, 2.24) is 0 Å². The second kappa shape index (κ2) is 8.08. The maximum atomic E-state index is 12.0. The van der Waals surface area contributed by atoms with E-state index in [1.54, 1.807) is 36.4 Å². The number of esters is 1. The summed E-state index contributed by atoms with van der Waals surface area (Å²) >= 11 is 9.31. The third-order valence-corrected chi connectivity index (χ3v) is 3.63. The van der Waals surface area contributed by atoms with Gasteiger partial charge in [-0.05, 0) is 30.3 Å². The molecule has 7 heteroatoms. The first-order valence-corrected chi connectivity index (χ1v) is 7.71. The van der Waals surface area contributed by atoms with Crippen LogP contribution in [-0.4, -0.2) is 26.8 Å². The summed E-state index contributed by atoms with van der Waals surface area (Å²) in [5.41, 5.74) is 0. The van der Waals surface area contributed by atoms with Crippen LogP contribution in [0.2, 0.25) is 5.02 Å². The van der Waals surface area contributed by atoms with E-state index in [4.69, 9.17) is 30.5 Å². The number of benzene rings is 2. The first kappa shape index (κ1) is 17.4. The van der Waals surface area contributed by atoms with E-state index in [1.807, 2.05) is 0 Å². The monoisotopic (exact) mass is 400 g/mol. The average Bonchev–Trinajstić information content (AvgIpc) is 2.54. The second-order valence-electron chi connectivity index (χ2n) is 4.33. The fourth-order valence-corrected chi connectivity index (χ4v) is 2.52. The Bertz CT molecular complexity index is 683. The molecule has 2 rings (SSSR count). The Hall–Kier alpha value is -1.92. The molecule has 0 aromatic heterocycles. The number of carbonyl (C=O) groups excluding carboxylic acids is 1. The molecule has 0 aliphatic carbocycles. The Morgan fingerprint density at radius 3 is 2.30 bits per heavy atom. The van der Waals surface area contributed by atoms with Gasteiger partial charge in [-0.25, -0.2) is 4.79 Å². The van der Waals surface area contributed by atoms with Crippen molar-refractivity contribution in [1.29, 1.82) is 0 Å². The molecule has 2 aromatic carbocycles. The van der Waals surface area contributed by atoms with Gasteiger partial charge < -0.3 is 18.9 Å². The SMILES string of the molecule is COc1cccc(OC)c1OC(=O)COc1ccc(Br)cc1Cl. The van der Waals surface area contributed by atoms with Crippen LogP contribution in [0.15, 0.2) is 40.9 Å². The summed E-state index contributed by atoms with van der Waals surface area (Å²) in [6, 6.07) is 10.1. The molecule has 122 valence electrons. The van der Waals surface area contributed by atoms with E-state index in [1.165, 1.54) is 14.2 Å². The molecule has 2 aromatic rings. The lowest BCUT2D eigenvalue weighted by molar-refractivity contribution is -0.136. The van der Waals surface area contributed by atoms with Gasteiger partial charge in [-0.15, -0.1) is 0 Å². The summed E-state index contributed by atoms with van der Waals surface area (Å²) in [5.74, 6) is 0.761. The van der Waals surface area contributed by atoms with Crippen LogP contribution in [0.4, 0.5) is 0 Å². The molecular weight excluding hydrogens is 388 g/mol. The van der Waals surface area contributed by atoms with Gasteiger partial charge in [-0.1, -0.05) is 33.6 Å². The van der Waals surface area contributed by atoms with Crippen LogP contribution in [-0.2, 0) is 4.79 Å². The topological polar surface area (TPSA) is 54.0 Å².